The summed E-state index contributed by atoms with van der Waals surface area (Å²) in [6.45, 7) is 0. The minimum absolute atomic E-state index is 0.484. The van der Waals surface area contributed by atoms with Gasteiger partial charge in [-0.25, -0.2) is 0 Å². The van der Waals surface area contributed by atoms with Crippen LogP contribution in [0.5, 0.6) is 5.75 Å². The summed E-state index contributed by atoms with van der Waals surface area (Å²) < 4.78 is 7.34. The van der Waals surface area contributed by atoms with Crippen LogP contribution in [0.25, 0.3) is 10.1 Å². The molecule has 108 valence electrons. The van der Waals surface area contributed by atoms with E-state index in [2.05, 4.69) is 34.1 Å². The average molecular weight is 363 g/mol. The summed E-state index contributed by atoms with van der Waals surface area (Å²) in [5.41, 5.74) is 1.08. The Morgan fingerprint density at radius 1 is 1.19 bits per heavy atom. The number of ether oxygens (including phenoxy) is 1. The van der Waals surface area contributed by atoms with Crippen LogP contribution < -0.4 is 4.74 Å². The lowest BCUT2D eigenvalue weighted by molar-refractivity contribution is 0.182. The maximum atomic E-state index is 10.5. The molecule has 1 aromatic heterocycles. The van der Waals surface area contributed by atoms with Gasteiger partial charge < -0.3 is 9.84 Å². The highest BCUT2D eigenvalue weighted by Crippen LogP contribution is 2.32. The van der Waals surface area contributed by atoms with Crippen molar-refractivity contribution in [1.82, 2.24) is 0 Å². The number of thiophene rings is 1. The van der Waals surface area contributed by atoms with Crippen molar-refractivity contribution in [3.63, 3.8) is 0 Å². The van der Waals surface area contributed by atoms with Crippen LogP contribution in [0.2, 0.25) is 0 Å². The Morgan fingerprint density at radius 2 is 2.00 bits per heavy atom. The molecule has 0 bridgehead atoms. The topological polar surface area (TPSA) is 29.5 Å². The van der Waals surface area contributed by atoms with Crippen LogP contribution in [0.3, 0.4) is 0 Å². The number of rotatable bonds is 4. The van der Waals surface area contributed by atoms with Crippen LogP contribution in [0.1, 0.15) is 16.5 Å². The van der Waals surface area contributed by atoms with E-state index >= 15 is 0 Å². The zero-order chi connectivity index (χ0) is 14.8. The van der Waals surface area contributed by atoms with Crippen LogP contribution in [0.15, 0.2) is 53.0 Å². The molecule has 2 aromatic carbocycles. The van der Waals surface area contributed by atoms with E-state index in [9.17, 15) is 5.11 Å². The molecule has 0 spiro atoms. The zero-order valence-electron chi connectivity index (χ0n) is 11.5. The molecule has 1 atom stereocenters. The van der Waals surface area contributed by atoms with Gasteiger partial charge in [-0.2, -0.15) is 0 Å². The van der Waals surface area contributed by atoms with Crippen molar-refractivity contribution in [2.45, 2.75) is 12.5 Å². The number of halogens is 1. The van der Waals surface area contributed by atoms with Gasteiger partial charge in [0.25, 0.3) is 0 Å². The highest BCUT2D eigenvalue weighted by molar-refractivity contribution is 9.10. The van der Waals surface area contributed by atoms with Crippen molar-refractivity contribution in [3.05, 3.63) is 63.4 Å². The number of methoxy groups -OCH3 is 1. The lowest BCUT2D eigenvalue weighted by Crippen LogP contribution is -1.99. The summed E-state index contributed by atoms with van der Waals surface area (Å²) in [5.74, 6) is 0.801. The molecular weight excluding hydrogens is 348 g/mol. The maximum Gasteiger partial charge on any atom is 0.133 e. The van der Waals surface area contributed by atoms with Gasteiger partial charge in [0.15, 0.2) is 0 Å². The van der Waals surface area contributed by atoms with Crippen LogP contribution in [0, 0.1) is 0 Å². The SMILES string of the molecule is COc1ccc(CC(O)c2cc3ccccc3s2)cc1Br. The van der Waals surface area contributed by atoms with Crippen molar-refractivity contribution in [2.75, 3.05) is 7.11 Å². The predicted molar refractivity (Wildman–Crippen MR) is 91.2 cm³/mol. The molecule has 0 amide bonds. The van der Waals surface area contributed by atoms with E-state index in [1.54, 1.807) is 18.4 Å². The van der Waals surface area contributed by atoms with Crippen LogP contribution in [0.4, 0.5) is 0 Å². The monoisotopic (exact) mass is 362 g/mol. The first-order valence-corrected chi connectivity index (χ1v) is 8.27. The minimum Gasteiger partial charge on any atom is -0.496 e. The highest BCUT2D eigenvalue weighted by Gasteiger charge is 2.13. The first-order valence-electron chi connectivity index (χ1n) is 6.66. The quantitative estimate of drug-likeness (QED) is 0.711. The molecule has 3 rings (SSSR count). The molecule has 1 unspecified atom stereocenters. The molecule has 3 aromatic rings. The van der Waals surface area contributed by atoms with E-state index in [1.165, 1.54) is 10.1 Å². The minimum atomic E-state index is -0.484. The van der Waals surface area contributed by atoms with Gasteiger partial charge in [-0.3, -0.25) is 0 Å². The average Bonchev–Trinajstić information content (AvgIpc) is 2.91. The number of aliphatic hydroxyl groups excluding tert-OH is 1. The van der Waals surface area contributed by atoms with E-state index in [0.717, 1.165) is 20.7 Å². The predicted octanol–water partition coefficient (Wildman–Crippen LogP) is 4.95. The fourth-order valence-corrected chi connectivity index (χ4v) is 3.97. The molecule has 21 heavy (non-hydrogen) atoms. The van der Waals surface area contributed by atoms with Gasteiger partial charge in [-0.1, -0.05) is 24.3 Å². The highest BCUT2D eigenvalue weighted by atomic mass is 79.9. The molecule has 2 nitrogen and oxygen atoms in total. The Labute approximate surface area is 136 Å². The largest absolute Gasteiger partial charge is 0.496 e. The van der Waals surface area contributed by atoms with E-state index in [0.29, 0.717) is 6.42 Å². The number of hydrogen-bond acceptors (Lipinski definition) is 3. The third-order valence-corrected chi connectivity index (χ3v) is 5.26. The van der Waals surface area contributed by atoms with Crippen LogP contribution >= 0.6 is 27.3 Å². The fourth-order valence-electron chi connectivity index (χ4n) is 2.33. The normalized spacial score (nSPS) is 12.5. The molecule has 0 radical (unpaired) electrons. The zero-order valence-corrected chi connectivity index (χ0v) is 13.9. The molecule has 1 N–H and O–H groups in total. The Balaban J connectivity index is 1.82. The third kappa shape index (κ3) is 3.12. The van der Waals surface area contributed by atoms with Crippen LogP contribution in [-0.4, -0.2) is 12.2 Å². The summed E-state index contributed by atoms with van der Waals surface area (Å²) in [6.07, 6.45) is 0.109. The third-order valence-electron chi connectivity index (χ3n) is 3.42. The second-order valence-electron chi connectivity index (χ2n) is 4.88. The first-order chi connectivity index (χ1) is 10.2. The lowest BCUT2D eigenvalue weighted by Gasteiger charge is -2.10. The number of hydrogen-bond donors (Lipinski definition) is 1. The van der Waals surface area contributed by atoms with Crippen molar-refractivity contribution in [1.29, 1.82) is 0 Å². The fraction of sp³-hybridized carbons (Fsp3) is 0.176. The van der Waals surface area contributed by atoms with E-state index < -0.39 is 6.10 Å². The van der Waals surface area contributed by atoms with Crippen LogP contribution in [-0.2, 0) is 6.42 Å². The van der Waals surface area contributed by atoms with Gasteiger partial charge in [-0.15, -0.1) is 11.3 Å². The van der Waals surface area contributed by atoms with Crippen molar-refractivity contribution < 1.29 is 9.84 Å². The van der Waals surface area contributed by atoms with Gasteiger partial charge in [0.05, 0.1) is 17.7 Å². The van der Waals surface area contributed by atoms with E-state index in [4.69, 9.17) is 4.74 Å². The molecule has 0 saturated heterocycles. The van der Waals surface area contributed by atoms with Crippen molar-refractivity contribution >= 4 is 37.4 Å². The van der Waals surface area contributed by atoms with Gasteiger partial charge in [-0.05, 0) is 51.1 Å². The summed E-state index contributed by atoms with van der Waals surface area (Å²) in [6, 6.07) is 16.2. The van der Waals surface area contributed by atoms with Crippen molar-refractivity contribution in [3.8, 4) is 5.75 Å². The summed E-state index contributed by atoms with van der Waals surface area (Å²) >= 11 is 5.13. The van der Waals surface area contributed by atoms with Gasteiger partial charge in [0.1, 0.15) is 5.75 Å². The Hall–Kier alpha value is -1.36. The van der Waals surface area contributed by atoms with Gasteiger partial charge in [0.2, 0.25) is 0 Å². The van der Waals surface area contributed by atoms with Gasteiger partial charge in [0, 0.05) is 16.0 Å². The molecule has 0 fully saturated rings. The Bertz CT molecular complexity index is 733. The number of fused-ring (bicyclic) bond motifs is 1. The smallest absolute Gasteiger partial charge is 0.133 e. The van der Waals surface area contributed by atoms with Gasteiger partial charge >= 0.3 is 0 Å². The summed E-state index contributed by atoms with van der Waals surface area (Å²) in [5, 5.41) is 11.6. The van der Waals surface area contributed by atoms with E-state index in [-0.39, 0.29) is 0 Å². The molecule has 1 heterocycles. The summed E-state index contributed by atoms with van der Waals surface area (Å²) in [4.78, 5) is 1.00. The number of aliphatic hydroxyl groups is 1. The standard InChI is InChI=1S/C17H15BrO2S/c1-20-15-7-6-11(8-13(15)18)9-14(19)17-10-12-4-2-3-5-16(12)21-17/h2-8,10,14,19H,9H2,1H3. The molecule has 4 heteroatoms. The maximum absolute atomic E-state index is 10.5. The van der Waals surface area contributed by atoms with Crippen molar-refractivity contribution in [2.24, 2.45) is 0 Å². The molecule has 0 aliphatic rings. The number of benzene rings is 2. The molecule has 0 saturated carbocycles. The first kappa shape index (κ1) is 14.6. The molecular formula is C17H15BrO2S. The molecule has 0 aliphatic heterocycles. The second-order valence-corrected chi connectivity index (χ2v) is 6.85. The second kappa shape index (κ2) is 6.18. The lowest BCUT2D eigenvalue weighted by atomic mass is 10.1. The molecule has 0 aliphatic carbocycles. The van der Waals surface area contributed by atoms with E-state index in [1.807, 2.05) is 30.3 Å². The Morgan fingerprint density at radius 3 is 2.71 bits per heavy atom. The Kier molecular flexibility index (Phi) is 4.29. The summed E-state index contributed by atoms with van der Waals surface area (Å²) in [7, 11) is 1.64.